The van der Waals surface area contributed by atoms with E-state index >= 15 is 0 Å². The monoisotopic (exact) mass is 411 g/mol. The van der Waals surface area contributed by atoms with Crippen LogP contribution >= 0.6 is 0 Å². The number of halogens is 2. The van der Waals surface area contributed by atoms with Crippen molar-refractivity contribution >= 4 is 15.7 Å². The summed E-state index contributed by atoms with van der Waals surface area (Å²) in [5, 5.41) is 0. The number of ether oxygens (including phenoxy) is 1. The van der Waals surface area contributed by atoms with Crippen LogP contribution in [-0.4, -0.2) is 59.7 Å². The molecule has 0 atom stereocenters. The molecule has 152 valence electrons. The van der Waals surface area contributed by atoms with Crippen LogP contribution < -0.4 is 14.4 Å². The summed E-state index contributed by atoms with van der Waals surface area (Å²) in [4.78, 5) is 3.71. The highest BCUT2D eigenvalue weighted by atomic mass is 32.2. The summed E-state index contributed by atoms with van der Waals surface area (Å²) < 4.78 is 58.8. The Morgan fingerprint density at radius 3 is 2.36 bits per heavy atom. The van der Waals surface area contributed by atoms with Gasteiger partial charge in [0.1, 0.15) is 22.3 Å². The van der Waals surface area contributed by atoms with Crippen molar-refractivity contribution in [2.75, 3.05) is 51.3 Å². The molecule has 0 amide bonds. The first-order valence-electron chi connectivity index (χ1n) is 8.95. The number of piperazine rings is 1. The average molecular weight is 411 g/mol. The molecule has 0 unspecified atom stereocenters. The maximum absolute atomic E-state index is 13.7. The van der Waals surface area contributed by atoms with Gasteiger partial charge < -0.3 is 9.64 Å². The number of anilines is 1. The van der Waals surface area contributed by atoms with Crippen LogP contribution in [0.15, 0.2) is 47.4 Å². The van der Waals surface area contributed by atoms with Gasteiger partial charge in [-0.25, -0.2) is 21.9 Å². The second-order valence-corrected chi connectivity index (χ2v) is 8.23. The summed E-state index contributed by atoms with van der Waals surface area (Å²) in [6, 6.07) is 10.2. The molecule has 0 bridgehead atoms. The van der Waals surface area contributed by atoms with Crippen LogP contribution in [0, 0.1) is 11.6 Å². The molecule has 28 heavy (non-hydrogen) atoms. The predicted octanol–water partition coefficient (Wildman–Crippen LogP) is 2.07. The fraction of sp³-hybridized carbons (Fsp3) is 0.368. The minimum absolute atomic E-state index is 0.126. The van der Waals surface area contributed by atoms with Gasteiger partial charge in [0, 0.05) is 45.0 Å². The quantitative estimate of drug-likeness (QED) is 0.756. The van der Waals surface area contributed by atoms with E-state index in [1.165, 1.54) is 0 Å². The largest absolute Gasteiger partial charge is 0.497 e. The summed E-state index contributed by atoms with van der Waals surface area (Å²) in [7, 11) is -2.46. The molecule has 6 nitrogen and oxygen atoms in total. The molecule has 1 heterocycles. The van der Waals surface area contributed by atoms with E-state index in [4.69, 9.17) is 4.74 Å². The summed E-state index contributed by atoms with van der Waals surface area (Å²) in [6.07, 6.45) is 0. The third-order valence-corrected chi connectivity index (χ3v) is 6.19. The van der Waals surface area contributed by atoms with Crippen molar-refractivity contribution in [1.29, 1.82) is 0 Å². The lowest BCUT2D eigenvalue weighted by Crippen LogP contribution is -2.48. The Morgan fingerprint density at radius 1 is 1.04 bits per heavy atom. The molecule has 1 saturated heterocycles. The van der Waals surface area contributed by atoms with Crippen molar-refractivity contribution in [2.24, 2.45) is 0 Å². The average Bonchev–Trinajstić information content (AvgIpc) is 2.70. The molecule has 2 aromatic rings. The Hall–Kier alpha value is -2.23. The Balaban J connectivity index is 1.48. The lowest BCUT2D eigenvalue weighted by atomic mass is 10.2. The van der Waals surface area contributed by atoms with Crippen LogP contribution in [0.3, 0.4) is 0 Å². The maximum Gasteiger partial charge on any atom is 0.243 e. The molecule has 1 aliphatic heterocycles. The van der Waals surface area contributed by atoms with Gasteiger partial charge in [-0.15, -0.1) is 0 Å². The van der Waals surface area contributed by atoms with E-state index in [-0.39, 0.29) is 6.54 Å². The number of methoxy groups -OCH3 is 1. The third-order valence-electron chi connectivity index (χ3n) is 4.71. The number of sulfonamides is 1. The number of nitrogens with one attached hydrogen (secondary N) is 1. The standard InChI is InChI=1S/C19H23F2N3O3S/c1-27-17-5-3-16(4-6-17)24-12-10-23(11-13-24)9-8-22-28(25,26)19-14-15(20)2-7-18(19)21/h2-7,14,22H,8-13H2,1H3. The highest BCUT2D eigenvalue weighted by Crippen LogP contribution is 2.20. The van der Waals surface area contributed by atoms with Crippen LogP contribution in [0.5, 0.6) is 5.75 Å². The van der Waals surface area contributed by atoms with Crippen molar-refractivity contribution in [3.63, 3.8) is 0 Å². The SMILES string of the molecule is COc1ccc(N2CCN(CCNS(=O)(=O)c3cc(F)ccc3F)CC2)cc1. The fourth-order valence-corrected chi connectivity index (χ4v) is 4.23. The van der Waals surface area contributed by atoms with Gasteiger partial charge in [0.15, 0.2) is 0 Å². The molecule has 0 aromatic heterocycles. The van der Waals surface area contributed by atoms with E-state index in [9.17, 15) is 17.2 Å². The molecular formula is C19H23F2N3O3S. The number of rotatable bonds is 7. The van der Waals surface area contributed by atoms with Crippen molar-refractivity contribution in [3.8, 4) is 5.75 Å². The van der Waals surface area contributed by atoms with Gasteiger partial charge in [0.2, 0.25) is 10.0 Å². The molecule has 0 saturated carbocycles. The van der Waals surface area contributed by atoms with E-state index in [1.807, 2.05) is 24.3 Å². The maximum atomic E-state index is 13.7. The zero-order valence-electron chi connectivity index (χ0n) is 15.6. The Labute approximate surface area is 163 Å². The highest BCUT2D eigenvalue weighted by Gasteiger charge is 2.21. The zero-order valence-corrected chi connectivity index (χ0v) is 16.4. The number of nitrogens with zero attached hydrogens (tertiary/aromatic N) is 2. The third kappa shape index (κ3) is 4.98. The smallest absolute Gasteiger partial charge is 0.243 e. The van der Waals surface area contributed by atoms with Crippen LogP contribution in [0.25, 0.3) is 0 Å². The predicted molar refractivity (Wildman–Crippen MR) is 103 cm³/mol. The molecule has 0 aliphatic carbocycles. The van der Waals surface area contributed by atoms with Gasteiger partial charge >= 0.3 is 0 Å². The van der Waals surface area contributed by atoms with Gasteiger partial charge in [-0.3, -0.25) is 4.90 Å². The Kier molecular flexibility index (Phi) is 6.48. The first-order valence-corrected chi connectivity index (χ1v) is 10.4. The van der Waals surface area contributed by atoms with Crippen molar-refractivity contribution in [3.05, 3.63) is 54.1 Å². The Morgan fingerprint density at radius 2 is 1.71 bits per heavy atom. The summed E-state index contributed by atoms with van der Waals surface area (Å²) in [5.41, 5.74) is 1.11. The van der Waals surface area contributed by atoms with Crippen molar-refractivity contribution in [1.82, 2.24) is 9.62 Å². The van der Waals surface area contributed by atoms with Gasteiger partial charge in [-0.05, 0) is 42.5 Å². The molecule has 1 fully saturated rings. The van der Waals surface area contributed by atoms with Gasteiger partial charge in [-0.2, -0.15) is 0 Å². The molecule has 9 heteroatoms. The molecular weight excluding hydrogens is 388 g/mol. The second kappa shape index (κ2) is 8.85. The summed E-state index contributed by atoms with van der Waals surface area (Å²) in [5.74, 6) is -0.956. The normalized spacial score (nSPS) is 15.6. The summed E-state index contributed by atoms with van der Waals surface area (Å²) in [6.45, 7) is 3.81. The van der Waals surface area contributed by atoms with E-state index in [1.54, 1.807) is 7.11 Å². The van der Waals surface area contributed by atoms with Crippen LogP contribution in [0.1, 0.15) is 0 Å². The van der Waals surface area contributed by atoms with E-state index < -0.39 is 26.6 Å². The Bertz CT molecular complexity index is 899. The van der Waals surface area contributed by atoms with Crippen molar-refractivity contribution < 1.29 is 21.9 Å². The first kappa shape index (κ1) is 20.5. The lowest BCUT2D eigenvalue weighted by Gasteiger charge is -2.36. The first-order chi connectivity index (χ1) is 13.4. The highest BCUT2D eigenvalue weighted by molar-refractivity contribution is 7.89. The van der Waals surface area contributed by atoms with Gasteiger partial charge in [0.05, 0.1) is 7.11 Å². The molecule has 3 rings (SSSR count). The number of hydrogen-bond donors (Lipinski definition) is 1. The zero-order chi connectivity index (χ0) is 20.1. The molecule has 2 aromatic carbocycles. The number of hydrogen-bond acceptors (Lipinski definition) is 5. The fourth-order valence-electron chi connectivity index (χ4n) is 3.12. The van der Waals surface area contributed by atoms with Gasteiger partial charge in [-0.1, -0.05) is 0 Å². The van der Waals surface area contributed by atoms with E-state index in [0.717, 1.165) is 49.7 Å². The molecule has 0 radical (unpaired) electrons. The van der Waals surface area contributed by atoms with E-state index in [0.29, 0.717) is 12.6 Å². The van der Waals surface area contributed by atoms with Gasteiger partial charge in [0.25, 0.3) is 0 Å². The number of benzene rings is 2. The molecule has 1 aliphatic rings. The van der Waals surface area contributed by atoms with Crippen LogP contribution in [-0.2, 0) is 10.0 Å². The molecule has 1 N–H and O–H groups in total. The summed E-state index contributed by atoms with van der Waals surface area (Å²) >= 11 is 0. The minimum Gasteiger partial charge on any atom is -0.497 e. The lowest BCUT2D eigenvalue weighted by molar-refractivity contribution is 0.262. The van der Waals surface area contributed by atoms with Crippen LogP contribution in [0.2, 0.25) is 0 Å². The van der Waals surface area contributed by atoms with E-state index in [2.05, 4.69) is 14.5 Å². The topological polar surface area (TPSA) is 61.9 Å². The van der Waals surface area contributed by atoms with Crippen molar-refractivity contribution in [2.45, 2.75) is 4.90 Å². The minimum atomic E-state index is -4.09. The van der Waals surface area contributed by atoms with Crippen LogP contribution in [0.4, 0.5) is 14.5 Å². The molecule has 0 spiro atoms. The second-order valence-electron chi connectivity index (χ2n) is 6.50.